The van der Waals surface area contributed by atoms with Gasteiger partial charge in [0, 0.05) is 6.54 Å². The molecule has 0 aliphatic rings. The third-order valence-electron chi connectivity index (χ3n) is 2.27. The highest BCUT2D eigenvalue weighted by Gasteiger charge is 2.14. The van der Waals surface area contributed by atoms with E-state index in [-0.39, 0.29) is 9.92 Å². The van der Waals surface area contributed by atoms with Gasteiger partial charge in [-0.1, -0.05) is 23.8 Å². The monoisotopic (exact) mass is 289 g/mol. The summed E-state index contributed by atoms with van der Waals surface area (Å²) in [5.74, 6) is 0.449. The molecule has 0 unspecified atom stereocenters. The molecule has 4 nitrogen and oxygen atoms in total. The molecule has 18 heavy (non-hydrogen) atoms. The molecule has 6 heteroatoms. The van der Waals surface area contributed by atoms with E-state index in [1.807, 2.05) is 19.1 Å². The Kier molecular flexibility index (Phi) is 5.65. The normalized spacial score (nSPS) is 11.9. The maximum atomic E-state index is 11.9. The van der Waals surface area contributed by atoms with Crippen LogP contribution in [0.2, 0.25) is 5.02 Å². The molecule has 0 heterocycles. The highest BCUT2D eigenvalue weighted by Crippen LogP contribution is 2.26. The summed E-state index contributed by atoms with van der Waals surface area (Å²) in [6.07, 6.45) is 4.42. The molecular formula is C12H16ClNO3S. The van der Waals surface area contributed by atoms with E-state index in [1.165, 1.54) is 25.3 Å². The molecule has 0 saturated heterocycles. The molecule has 1 aromatic rings. The number of hydrogen-bond donors (Lipinski definition) is 1. The largest absolute Gasteiger partial charge is 0.495 e. The molecule has 0 fully saturated rings. The Bertz CT molecular complexity index is 526. The SMILES string of the molecule is C/C=C/CCNS(=O)(=O)c1ccc(OC)c(Cl)c1. The van der Waals surface area contributed by atoms with Gasteiger partial charge in [-0.15, -0.1) is 0 Å². The number of rotatable bonds is 6. The van der Waals surface area contributed by atoms with Gasteiger partial charge < -0.3 is 4.74 Å². The highest BCUT2D eigenvalue weighted by atomic mass is 35.5. The Morgan fingerprint density at radius 1 is 1.44 bits per heavy atom. The zero-order chi connectivity index (χ0) is 13.6. The molecule has 1 rings (SSSR count). The lowest BCUT2D eigenvalue weighted by molar-refractivity contribution is 0.414. The average Bonchev–Trinajstić information content (AvgIpc) is 2.34. The summed E-state index contributed by atoms with van der Waals surface area (Å²) in [4.78, 5) is 0.133. The second-order valence-corrected chi connectivity index (χ2v) is 5.73. The first-order valence-electron chi connectivity index (χ1n) is 5.45. The minimum absolute atomic E-state index is 0.133. The van der Waals surface area contributed by atoms with Crippen molar-refractivity contribution in [3.8, 4) is 5.75 Å². The van der Waals surface area contributed by atoms with Crippen LogP contribution in [0, 0.1) is 0 Å². The molecule has 0 radical (unpaired) electrons. The Labute approximate surface area is 113 Å². The second kappa shape index (κ2) is 6.78. The Balaban J connectivity index is 2.82. The van der Waals surface area contributed by atoms with Crippen molar-refractivity contribution in [2.45, 2.75) is 18.2 Å². The van der Waals surface area contributed by atoms with Gasteiger partial charge in [0.15, 0.2) is 0 Å². The maximum absolute atomic E-state index is 11.9. The lowest BCUT2D eigenvalue weighted by Crippen LogP contribution is -2.24. The van der Waals surface area contributed by atoms with E-state index in [0.29, 0.717) is 18.7 Å². The van der Waals surface area contributed by atoms with Crippen molar-refractivity contribution in [1.29, 1.82) is 0 Å². The standard InChI is InChI=1S/C12H16ClNO3S/c1-3-4-5-8-14-18(15,16)10-6-7-12(17-2)11(13)9-10/h3-4,6-7,9,14H,5,8H2,1-2H3/b4-3+. The van der Waals surface area contributed by atoms with E-state index in [1.54, 1.807) is 0 Å². The molecule has 1 N–H and O–H groups in total. The molecule has 0 aliphatic heterocycles. The lowest BCUT2D eigenvalue weighted by Gasteiger charge is -2.08. The number of nitrogens with one attached hydrogen (secondary N) is 1. The van der Waals surface area contributed by atoms with Gasteiger partial charge in [0.1, 0.15) is 5.75 Å². The molecule has 0 aliphatic carbocycles. The molecular weight excluding hydrogens is 274 g/mol. The number of halogens is 1. The number of sulfonamides is 1. The van der Waals surface area contributed by atoms with E-state index < -0.39 is 10.0 Å². The van der Waals surface area contributed by atoms with Crippen LogP contribution in [0.1, 0.15) is 13.3 Å². The molecule has 0 aromatic heterocycles. The Morgan fingerprint density at radius 3 is 2.72 bits per heavy atom. The second-order valence-electron chi connectivity index (χ2n) is 3.55. The summed E-state index contributed by atoms with van der Waals surface area (Å²) in [5.41, 5.74) is 0. The van der Waals surface area contributed by atoms with Crippen LogP contribution in [0.5, 0.6) is 5.75 Å². The third kappa shape index (κ3) is 4.01. The van der Waals surface area contributed by atoms with Gasteiger partial charge in [0.2, 0.25) is 10.0 Å². The molecule has 1 aromatic carbocycles. The molecule has 0 atom stereocenters. The van der Waals surface area contributed by atoms with Crippen LogP contribution < -0.4 is 9.46 Å². The third-order valence-corrected chi connectivity index (χ3v) is 4.03. The van der Waals surface area contributed by atoms with Gasteiger partial charge in [-0.05, 0) is 31.5 Å². The molecule has 0 saturated carbocycles. The summed E-state index contributed by atoms with van der Waals surface area (Å²) in [7, 11) is -2.04. The van der Waals surface area contributed by atoms with Crippen LogP contribution >= 0.6 is 11.6 Å². The minimum Gasteiger partial charge on any atom is -0.495 e. The van der Waals surface area contributed by atoms with Crippen LogP contribution in [0.25, 0.3) is 0 Å². The average molecular weight is 290 g/mol. The van der Waals surface area contributed by atoms with Crippen molar-refractivity contribution in [2.24, 2.45) is 0 Å². The van der Waals surface area contributed by atoms with Crippen molar-refractivity contribution in [3.63, 3.8) is 0 Å². The predicted molar refractivity (Wildman–Crippen MR) is 72.6 cm³/mol. The number of methoxy groups -OCH3 is 1. The van der Waals surface area contributed by atoms with E-state index in [4.69, 9.17) is 16.3 Å². The van der Waals surface area contributed by atoms with E-state index in [9.17, 15) is 8.42 Å². The first-order valence-corrected chi connectivity index (χ1v) is 7.31. The molecule has 0 spiro atoms. The molecule has 100 valence electrons. The van der Waals surface area contributed by atoms with Crippen molar-refractivity contribution in [2.75, 3.05) is 13.7 Å². The highest BCUT2D eigenvalue weighted by molar-refractivity contribution is 7.89. The van der Waals surface area contributed by atoms with Crippen molar-refractivity contribution in [3.05, 3.63) is 35.4 Å². The predicted octanol–water partition coefficient (Wildman–Crippen LogP) is 2.59. The topological polar surface area (TPSA) is 55.4 Å². The molecule has 0 amide bonds. The summed E-state index contributed by atoms with van der Waals surface area (Å²) in [6, 6.07) is 4.37. The summed E-state index contributed by atoms with van der Waals surface area (Å²) < 4.78 is 31.3. The number of hydrogen-bond acceptors (Lipinski definition) is 3. The molecule has 0 bridgehead atoms. The van der Waals surface area contributed by atoms with Crippen LogP contribution in [0.15, 0.2) is 35.2 Å². The van der Waals surface area contributed by atoms with Crippen molar-refractivity contribution >= 4 is 21.6 Å². The van der Waals surface area contributed by atoms with Gasteiger partial charge >= 0.3 is 0 Å². The Morgan fingerprint density at radius 2 is 2.17 bits per heavy atom. The number of allylic oxidation sites excluding steroid dienone is 1. The number of ether oxygens (including phenoxy) is 1. The summed E-state index contributed by atoms with van der Waals surface area (Å²) in [5, 5.41) is 0.272. The summed E-state index contributed by atoms with van der Waals surface area (Å²) >= 11 is 5.89. The first kappa shape index (κ1) is 15.0. The van der Waals surface area contributed by atoms with Crippen molar-refractivity contribution < 1.29 is 13.2 Å². The maximum Gasteiger partial charge on any atom is 0.240 e. The zero-order valence-electron chi connectivity index (χ0n) is 10.3. The zero-order valence-corrected chi connectivity index (χ0v) is 11.9. The minimum atomic E-state index is -3.51. The van der Waals surface area contributed by atoms with E-state index in [2.05, 4.69) is 4.72 Å². The van der Waals surface area contributed by atoms with Gasteiger partial charge in [-0.3, -0.25) is 0 Å². The smallest absolute Gasteiger partial charge is 0.240 e. The van der Waals surface area contributed by atoms with Gasteiger partial charge in [0.05, 0.1) is 17.0 Å². The van der Waals surface area contributed by atoms with Crippen LogP contribution in [0.3, 0.4) is 0 Å². The van der Waals surface area contributed by atoms with Gasteiger partial charge in [-0.2, -0.15) is 0 Å². The lowest BCUT2D eigenvalue weighted by atomic mass is 10.3. The fourth-order valence-electron chi connectivity index (χ4n) is 1.34. The fraction of sp³-hybridized carbons (Fsp3) is 0.333. The van der Waals surface area contributed by atoms with Crippen LogP contribution in [0.4, 0.5) is 0 Å². The van der Waals surface area contributed by atoms with Crippen molar-refractivity contribution in [1.82, 2.24) is 4.72 Å². The summed E-state index contributed by atoms with van der Waals surface area (Å²) in [6.45, 7) is 2.24. The van der Waals surface area contributed by atoms with Crippen LogP contribution in [-0.2, 0) is 10.0 Å². The van der Waals surface area contributed by atoms with E-state index in [0.717, 1.165) is 0 Å². The quantitative estimate of drug-likeness (QED) is 0.647. The fourth-order valence-corrected chi connectivity index (χ4v) is 2.74. The Hall–Kier alpha value is -1.04. The number of benzene rings is 1. The van der Waals surface area contributed by atoms with Crippen LogP contribution in [-0.4, -0.2) is 22.1 Å². The van der Waals surface area contributed by atoms with E-state index >= 15 is 0 Å². The van der Waals surface area contributed by atoms with Gasteiger partial charge in [0.25, 0.3) is 0 Å². The first-order chi connectivity index (χ1) is 8.51. The van der Waals surface area contributed by atoms with Gasteiger partial charge in [-0.25, -0.2) is 13.1 Å².